The lowest BCUT2D eigenvalue weighted by Gasteiger charge is -2.32. The fraction of sp³-hybridized carbons (Fsp3) is 0.375. The zero-order valence-corrected chi connectivity index (χ0v) is 20.7. The molecule has 0 amide bonds. The Morgan fingerprint density at radius 3 is 2.65 bits per heavy atom. The van der Waals surface area contributed by atoms with E-state index in [-0.39, 0.29) is 12.4 Å². The number of hydrogen-bond donors (Lipinski definition) is 2. The van der Waals surface area contributed by atoms with Gasteiger partial charge in [-0.25, -0.2) is 9.78 Å². The second-order valence-corrected chi connectivity index (χ2v) is 10.3. The summed E-state index contributed by atoms with van der Waals surface area (Å²) in [5.41, 5.74) is 7.74. The van der Waals surface area contributed by atoms with Crippen molar-refractivity contribution in [1.82, 2.24) is 19.6 Å². The highest BCUT2D eigenvalue weighted by molar-refractivity contribution is 7.19. The number of piperidine rings is 1. The number of carboxylic acid groups (broad SMARTS) is 1. The molecule has 0 aliphatic carbocycles. The summed E-state index contributed by atoms with van der Waals surface area (Å²) in [7, 11) is 0. The van der Waals surface area contributed by atoms with E-state index in [4.69, 9.17) is 21.9 Å². The first kappa shape index (κ1) is 24.4. The summed E-state index contributed by atoms with van der Waals surface area (Å²) in [5.74, 6) is -0.511. The zero-order valence-electron chi connectivity index (χ0n) is 19.1. The van der Waals surface area contributed by atoms with Gasteiger partial charge in [-0.1, -0.05) is 28.9 Å². The molecule has 1 aliphatic rings. The molecule has 0 spiro atoms. The fourth-order valence-electron chi connectivity index (χ4n) is 3.95. The number of rotatable bonds is 5. The van der Waals surface area contributed by atoms with Gasteiger partial charge in [-0.05, 0) is 64.0 Å². The van der Waals surface area contributed by atoms with Gasteiger partial charge in [0.15, 0.2) is 5.76 Å². The molecule has 34 heavy (non-hydrogen) atoms. The molecular weight excluding hydrogens is 474 g/mol. The van der Waals surface area contributed by atoms with Crippen molar-refractivity contribution < 1.29 is 14.4 Å². The monoisotopic (exact) mass is 501 g/mol. The minimum Gasteiger partial charge on any atom is -0.475 e. The molecule has 8 nitrogen and oxygen atoms in total. The van der Waals surface area contributed by atoms with E-state index in [2.05, 4.69) is 28.9 Å². The molecule has 4 heterocycles. The Morgan fingerprint density at radius 1 is 1.26 bits per heavy atom. The van der Waals surface area contributed by atoms with Gasteiger partial charge in [0.05, 0.1) is 26.8 Å². The van der Waals surface area contributed by atoms with Crippen LogP contribution in [0, 0.1) is 0 Å². The molecule has 3 aromatic heterocycles. The number of fused-ring (bicyclic) bond motifs is 1. The molecule has 180 valence electrons. The van der Waals surface area contributed by atoms with E-state index in [0.29, 0.717) is 33.4 Å². The number of nitrogens with zero attached hydrogens (tertiary/aromatic N) is 4. The summed E-state index contributed by atoms with van der Waals surface area (Å²) >= 11 is 7.32. The van der Waals surface area contributed by atoms with Crippen molar-refractivity contribution >= 4 is 39.9 Å². The first-order chi connectivity index (χ1) is 16.3. The van der Waals surface area contributed by atoms with E-state index >= 15 is 0 Å². The Kier molecular flexibility index (Phi) is 7.67. The second-order valence-electron chi connectivity index (χ2n) is 8.57. The molecule has 0 atom stereocenters. The van der Waals surface area contributed by atoms with Crippen LogP contribution in [0.2, 0.25) is 4.34 Å². The summed E-state index contributed by atoms with van der Waals surface area (Å²) in [6, 6.07) is 13.9. The van der Waals surface area contributed by atoms with Crippen molar-refractivity contribution in [3.05, 3.63) is 58.3 Å². The number of carboxylic acids is 1. The lowest BCUT2D eigenvalue weighted by molar-refractivity contribution is 0.0679. The number of aromatic nitrogens is 3. The molecule has 1 aromatic carbocycles. The van der Waals surface area contributed by atoms with Gasteiger partial charge in [0, 0.05) is 18.2 Å². The Morgan fingerprint density at radius 2 is 2.00 bits per heavy atom. The summed E-state index contributed by atoms with van der Waals surface area (Å²) in [6.07, 6.45) is 2.36. The van der Waals surface area contributed by atoms with Crippen molar-refractivity contribution in [2.45, 2.75) is 45.3 Å². The van der Waals surface area contributed by atoms with E-state index in [9.17, 15) is 9.90 Å². The Bertz CT molecular complexity index is 1260. The lowest BCUT2D eigenvalue weighted by Crippen LogP contribution is -2.42. The van der Waals surface area contributed by atoms with Crippen LogP contribution in [0.25, 0.3) is 21.7 Å². The summed E-state index contributed by atoms with van der Waals surface area (Å²) in [6.45, 7) is 7.14. The van der Waals surface area contributed by atoms with Gasteiger partial charge in [0.25, 0.3) is 0 Å². The van der Waals surface area contributed by atoms with Crippen molar-refractivity contribution in [2.24, 2.45) is 5.73 Å². The van der Waals surface area contributed by atoms with E-state index in [0.717, 1.165) is 10.4 Å². The number of hydrogen-bond acceptors (Lipinski definition) is 7. The van der Waals surface area contributed by atoms with Crippen LogP contribution in [-0.4, -0.2) is 55.9 Å². The molecule has 0 bridgehead atoms. The van der Waals surface area contributed by atoms with Crippen molar-refractivity contribution in [2.75, 3.05) is 13.1 Å². The highest BCUT2D eigenvalue weighted by atomic mass is 35.5. The quantitative estimate of drug-likeness (QED) is 0.397. The molecule has 1 fully saturated rings. The fourth-order valence-corrected chi connectivity index (χ4v) is 4.94. The average molecular weight is 502 g/mol. The van der Waals surface area contributed by atoms with Crippen LogP contribution in [0.3, 0.4) is 0 Å². The van der Waals surface area contributed by atoms with Gasteiger partial charge in [-0.15, -0.1) is 11.3 Å². The number of halogens is 1. The average Bonchev–Trinajstić information content (AvgIpc) is 3.54. The third-order valence-corrected chi connectivity index (χ3v) is 7.09. The van der Waals surface area contributed by atoms with E-state index in [1.165, 1.54) is 37.3 Å². The van der Waals surface area contributed by atoms with Crippen LogP contribution in [0.15, 0.2) is 47.0 Å². The maximum Gasteiger partial charge on any atom is 0.372 e. The number of para-hydroxylation sites is 2. The first-order valence-electron chi connectivity index (χ1n) is 11.2. The van der Waals surface area contributed by atoms with Crippen molar-refractivity contribution in [3.63, 3.8) is 0 Å². The maximum atomic E-state index is 11.5. The van der Waals surface area contributed by atoms with Crippen LogP contribution in [-0.2, 0) is 6.54 Å². The smallest absolute Gasteiger partial charge is 0.372 e. The second kappa shape index (κ2) is 10.7. The van der Waals surface area contributed by atoms with Crippen LogP contribution >= 0.6 is 22.9 Å². The highest BCUT2D eigenvalue weighted by Crippen LogP contribution is 2.31. The maximum absolute atomic E-state index is 11.5. The van der Waals surface area contributed by atoms with Crippen molar-refractivity contribution in [3.8, 4) is 10.6 Å². The number of aromatic carboxylic acids is 1. The van der Waals surface area contributed by atoms with Crippen LogP contribution < -0.4 is 5.73 Å². The zero-order chi connectivity index (χ0) is 24.2. The minimum absolute atomic E-state index is 0.0279. The van der Waals surface area contributed by atoms with Crippen molar-refractivity contribution in [1.29, 1.82) is 0 Å². The molecule has 5 rings (SSSR count). The predicted molar refractivity (Wildman–Crippen MR) is 135 cm³/mol. The van der Waals surface area contributed by atoms with E-state index < -0.39 is 5.97 Å². The third-order valence-electron chi connectivity index (χ3n) is 5.85. The SMILES string of the molecule is CC(C)N1CCC(N)CC1.O=C(O)c1nc2ccccc2n1Cc1cc(-c2ccc(Cl)s2)on1. The van der Waals surface area contributed by atoms with Gasteiger partial charge in [-0.2, -0.15) is 0 Å². The number of likely N-dealkylation sites (tertiary alicyclic amines) is 1. The van der Waals surface area contributed by atoms with Gasteiger partial charge in [0.1, 0.15) is 5.69 Å². The lowest BCUT2D eigenvalue weighted by atomic mass is 10.1. The largest absolute Gasteiger partial charge is 0.475 e. The normalized spacial score (nSPS) is 15.0. The standard InChI is InChI=1S/C16H10ClN3O3S.C8H18N2/c17-14-6-5-13(24-14)12-7-9(19-23-12)8-20-11-4-2-1-3-10(11)18-15(20)16(21)22;1-7(2)10-5-3-8(9)4-6-10/h1-7H,8H2,(H,21,22);7-8H,3-6,9H2,1-2H3. The van der Waals surface area contributed by atoms with Crippen LogP contribution in [0.1, 0.15) is 43.0 Å². The number of nitrogens with two attached hydrogens (primary N) is 1. The number of benzene rings is 1. The Labute approximate surface area is 206 Å². The molecule has 1 aliphatic heterocycles. The molecule has 3 N–H and O–H groups in total. The van der Waals surface area contributed by atoms with Crippen LogP contribution in [0.5, 0.6) is 0 Å². The molecule has 4 aromatic rings. The molecule has 0 saturated carbocycles. The molecule has 10 heteroatoms. The molecule has 0 radical (unpaired) electrons. The summed E-state index contributed by atoms with van der Waals surface area (Å²) in [4.78, 5) is 19.0. The van der Waals surface area contributed by atoms with E-state index in [1.807, 2.05) is 24.3 Å². The third kappa shape index (κ3) is 5.67. The number of thiophene rings is 1. The topological polar surface area (TPSA) is 110 Å². The summed E-state index contributed by atoms with van der Waals surface area (Å²) in [5, 5.41) is 13.4. The minimum atomic E-state index is -1.08. The van der Waals surface area contributed by atoms with Gasteiger partial charge < -0.3 is 24.8 Å². The van der Waals surface area contributed by atoms with Gasteiger partial charge in [-0.3, -0.25) is 0 Å². The number of carbonyl (C=O) groups is 1. The Hall–Kier alpha value is -2.72. The van der Waals surface area contributed by atoms with Gasteiger partial charge in [0.2, 0.25) is 5.82 Å². The molecular formula is C24H28ClN5O3S. The molecule has 0 unspecified atom stereocenters. The van der Waals surface area contributed by atoms with E-state index in [1.54, 1.807) is 22.8 Å². The first-order valence-corrected chi connectivity index (χ1v) is 12.4. The van der Waals surface area contributed by atoms with Crippen LogP contribution in [0.4, 0.5) is 0 Å². The Balaban J connectivity index is 0.000000231. The highest BCUT2D eigenvalue weighted by Gasteiger charge is 2.19. The summed E-state index contributed by atoms with van der Waals surface area (Å²) < 4.78 is 7.62. The molecule has 1 saturated heterocycles. The van der Waals surface area contributed by atoms with Gasteiger partial charge >= 0.3 is 5.97 Å². The predicted octanol–water partition coefficient (Wildman–Crippen LogP) is 4.97. The number of imidazole rings is 1.